The van der Waals surface area contributed by atoms with Crippen molar-refractivity contribution in [3.05, 3.63) is 18.0 Å². The van der Waals surface area contributed by atoms with Crippen molar-refractivity contribution in [2.75, 3.05) is 0 Å². The van der Waals surface area contributed by atoms with Crippen LogP contribution >= 0.6 is 0 Å². The highest BCUT2D eigenvalue weighted by Crippen LogP contribution is 2.37. The zero-order valence-electron chi connectivity index (χ0n) is 5.83. The summed E-state index contributed by atoms with van der Waals surface area (Å²) in [5, 5.41) is 0. The van der Waals surface area contributed by atoms with E-state index in [2.05, 4.69) is 21.3 Å². The third-order valence-corrected chi connectivity index (χ3v) is 1.60. The highest BCUT2D eigenvalue weighted by atomic mass is 15.0. The van der Waals surface area contributed by atoms with Gasteiger partial charge < -0.3 is 0 Å². The minimum Gasteiger partial charge on any atom is -0.218 e. The average Bonchev–Trinajstić information content (AvgIpc) is 2.68. The molecule has 1 aliphatic carbocycles. The van der Waals surface area contributed by atoms with Crippen LogP contribution in [0.2, 0.25) is 0 Å². The maximum atomic E-state index is 4.18. The zero-order valence-corrected chi connectivity index (χ0v) is 5.83. The third-order valence-electron chi connectivity index (χ3n) is 1.60. The molecule has 1 fully saturated rings. The Kier molecular flexibility index (Phi) is 1.16. The number of hydrogen-bond donors (Lipinski definition) is 0. The second-order valence-corrected chi connectivity index (χ2v) is 2.62. The molecular weight excluding hydrogens is 126 g/mol. The van der Waals surface area contributed by atoms with Crippen molar-refractivity contribution in [1.82, 2.24) is 15.0 Å². The Morgan fingerprint density at radius 1 is 1.40 bits per heavy atom. The molecule has 1 saturated carbocycles. The van der Waals surface area contributed by atoms with E-state index < -0.39 is 0 Å². The fourth-order valence-corrected chi connectivity index (χ4v) is 0.888. The lowest BCUT2D eigenvalue weighted by Gasteiger charge is -1.93. The van der Waals surface area contributed by atoms with E-state index in [1.54, 1.807) is 0 Å². The minimum absolute atomic E-state index is 0.609. The van der Waals surface area contributed by atoms with Gasteiger partial charge in [-0.25, -0.2) is 15.0 Å². The van der Waals surface area contributed by atoms with Crippen molar-refractivity contribution in [3.8, 4) is 0 Å². The van der Waals surface area contributed by atoms with Crippen molar-refractivity contribution in [3.63, 3.8) is 0 Å². The lowest BCUT2D eigenvalue weighted by molar-refractivity contribution is 0.847. The first-order valence-corrected chi connectivity index (χ1v) is 3.45. The molecule has 3 heteroatoms. The van der Waals surface area contributed by atoms with Gasteiger partial charge in [0.1, 0.15) is 11.6 Å². The Hall–Kier alpha value is -0.990. The summed E-state index contributed by atoms with van der Waals surface area (Å²) in [6, 6.07) is 0. The van der Waals surface area contributed by atoms with Crippen LogP contribution in [-0.4, -0.2) is 15.0 Å². The Labute approximate surface area is 59.5 Å². The van der Waals surface area contributed by atoms with Crippen molar-refractivity contribution in [2.24, 2.45) is 0 Å². The summed E-state index contributed by atoms with van der Waals surface area (Å²) in [5.41, 5.74) is 0. The average molecular weight is 134 g/mol. The van der Waals surface area contributed by atoms with Crippen LogP contribution in [0.3, 0.4) is 0 Å². The maximum Gasteiger partial charge on any atom is 0.201 e. The lowest BCUT2D eigenvalue weighted by atomic mass is 10.4. The highest BCUT2D eigenvalue weighted by Gasteiger charge is 2.26. The van der Waals surface area contributed by atoms with E-state index in [-0.39, 0.29) is 0 Å². The number of aromatic nitrogens is 3. The number of aryl methyl sites for hydroxylation is 1. The van der Waals surface area contributed by atoms with Crippen LogP contribution in [0, 0.1) is 13.3 Å². The van der Waals surface area contributed by atoms with Gasteiger partial charge in [0.2, 0.25) is 6.33 Å². The monoisotopic (exact) mass is 134 g/mol. The van der Waals surface area contributed by atoms with E-state index in [1.807, 2.05) is 6.92 Å². The van der Waals surface area contributed by atoms with Crippen LogP contribution in [0.5, 0.6) is 0 Å². The van der Waals surface area contributed by atoms with Crippen LogP contribution < -0.4 is 0 Å². The first-order valence-electron chi connectivity index (χ1n) is 3.45. The van der Waals surface area contributed by atoms with Crippen LogP contribution in [0.1, 0.15) is 30.4 Å². The van der Waals surface area contributed by atoms with Gasteiger partial charge in [-0.15, -0.1) is 0 Å². The summed E-state index contributed by atoms with van der Waals surface area (Å²) < 4.78 is 0. The fraction of sp³-hybridized carbons (Fsp3) is 0.571. The largest absolute Gasteiger partial charge is 0.218 e. The van der Waals surface area contributed by atoms with Gasteiger partial charge in [-0.2, -0.15) is 0 Å². The van der Waals surface area contributed by atoms with Gasteiger partial charge in [0.15, 0.2) is 0 Å². The fourth-order valence-electron chi connectivity index (χ4n) is 0.888. The SMILES string of the molecule is Cc1n[c]nc(C2CC2)n1. The molecule has 1 radical (unpaired) electrons. The predicted molar refractivity (Wildman–Crippen MR) is 35.4 cm³/mol. The minimum atomic E-state index is 0.609. The summed E-state index contributed by atoms with van der Waals surface area (Å²) >= 11 is 0. The third kappa shape index (κ3) is 0.988. The van der Waals surface area contributed by atoms with Gasteiger partial charge in [0.25, 0.3) is 0 Å². The van der Waals surface area contributed by atoms with Crippen molar-refractivity contribution in [1.29, 1.82) is 0 Å². The van der Waals surface area contributed by atoms with Gasteiger partial charge in [-0.3, -0.25) is 0 Å². The molecular formula is C7H8N3. The van der Waals surface area contributed by atoms with Gasteiger partial charge in [0.05, 0.1) is 0 Å². The second kappa shape index (κ2) is 2.01. The summed E-state index contributed by atoms with van der Waals surface area (Å²) in [6.07, 6.45) is 5.05. The Morgan fingerprint density at radius 2 is 2.20 bits per heavy atom. The maximum absolute atomic E-state index is 4.18. The Balaban J connectivity index is 2.32. The molecule has 51 valence electrons. The molecule has 0 bridgehead atoms. The molecule has 3 nitrogen and oxygen atoms in total. The summed E-state index contributed by atoms with van der Waals surface area (Å²) in [4.78, 5) is 11.9. The molecule has 0 saturated heterocycles. The molecule has 0 unspecified atom stereocenters. The van der Waals surface area contributed by atoms with Crippen LogP contribution in [0.4, 0.5) is 0 Å². The molecule has 0 aromatic carbocycles. The molecule has 2 rings (SSSR count). The van der Waals surface area contributed by atoms with E-state index in [9.17, 15) is 0 Å². The standard InChI is InChI=1S/C7H8N3/c1-5-8-4-9-7(10-5)6-2-3-6/h6H,2-3H2,1H3. The first kappa shape index (κ1) is 5.77. The van der Waals surface area contributed by atoms with E-state index in [4.69, 9.17) is 0 Å². The molecule has 0 amide bonds. The topological polar surface area (TPSA) is 38.7 Å². The molecule has 1 aromatic rings. The van der Waals surface area contributed by atoms with Crippen LogP contribution in [0.25, 0.3) is 0 Å². The van der Waals surface area contributed by atoms with Crippen molar-refractivity contribution in [2.45, 2.75) is 25.7 Å². The van der Waals surface area contributed by atoms with E-state index in [0.717, 1.165) is 11.6 Å². The Bertz CT molecular complexity index is 242. The van der Waals surface area contributed by atoms with Crippen LogP contribution in [0.15, 0.2) is 0 Å². The van der Waals surface area contributed by atoms with Crippen molar-refractivity contribution < 1.29 is 0 Å². The molecule has 10 heavy (non-hydrogen) atoms. The lowest BCUT2D eigenvalue weighted by Crippen LogP contribution is -1.96. The molecule has 0 spiro atoms. The summed E-state index contributed by atoms with van der Waals surface area (Å²) in [5.74, 6) is 2.31. The Morgan fingerprint density at radius 3 is 2.80 bits per heavy atom. The molecule has 1 aliphatic rings. The molecule has 0 aliphatic heterocycles. The highest BCUT2D eigenvalue weighted by molar-refractivity contribution is 5.03. The smallest absolute Gasteiger partial charge is 0.201 e. The summed E-state index contributed by atoms with van der Waals surface area (Å²) in [6.45, 7) is 1.87. The molecule has 1 heterocycles. The van der Waals surface area contributed by atoms with E-state index in [0.29, 0.717) is 5.92 Å². The van der Waals surface area contributed by atoms with E-state index in [1.165, 1.54) is 12.8 Å². The number of nitrogens with zero attached hydrogens (tertiary/aromatic N) is 3. The molecule has 0 N–H and O–H groups in total. The first-order chi connectivity index (χ1) is 4.86. The van der Waals surface area contributed by atoms with E-state index >= 15 is 0 Å². The predicted octanol–water partition coefficient (Wildman–Crippen LogP) is 0.858. The van der Waals surface area contributed by atoms with Gasteiger partial charge in [-0.1, -0.05) is 0 Å². The second-order valence-electron chi connectivity index (χ2n) is 2.62. The normalized spacial score (nSPS) is 17.3. The van der Waals surface area contributed by atoms with Crippen molar-refractivity contribution >= 4 is 0 Å². The van der Waals surface area contributed by atoms with Gasteiger partial charge in [-0.05, 0) is 19.8 Å². The van der Waals surface area contributed by atoms with Crippen LogP contribution in [-0.2, 0) is 0 Å². The molecule has 1 aromatic heterocycles. The van der Waals surface area contributed by atoms with Gasteiger partial charge >= 0.3 is 0 Å². The number of rotatable bonds is 1. The number of hydrogen-bond acceptors (Lipinski definition) is 3. The zero-order chi connectivity index (χ0) is 6.97. The molecule has 0 atom stereocenters. The summed E-state index contributed by atoms with van der Waals surface area (Å²) in [7, 11) is 0. The van der Waals surface area contributed by atoms with Gasteiger partial charge in [0, 0.05) is 5.92 Å². The quantitative estimate of drug-likeness (QED) is 0.571.